The van der Waals surface area contributed by atoms with Crippen molar-refractivity contribution in [1.29, 1.82) is 5.41 Å². The number of anilines is 1. The van der Waals surface area contributed by atoms with Gasteiger partial charge in [-0.3, -0.25) is 15.0 Å². The number of likely N-dealkylation sites (N-methyl/N-ethyl adjacent to an activating group) is 1. The number of amides is 1. The SMILES string of the molecule is CC1Sc2c(C(=O)O)c(=O)c3cc(F)c(N4CCN(C(=O)C5=CSC(C(=N)N)N5C)CC4)cc3n21. The van der Waals surface area contributed by atoms with Crippen LogP contribution >= 0.6 is 23.5 Å². The Labute approximate surface area is 208 Å². The molecule has 5 rings (SSSR count). The third-order valence-electron chi connectivity index (χ3n) is 6.52. The first-order chi connectivity index (χ1) is 16.6. The van der Waals surface area contributed by atoms with Gasteiger partial charge in [0.25, 0.3) is 5.91 Å². The normalized spacial score (nSPS) is 21.6. The predicted octanol–water partition coefficient (Wildman–Crippen LogP) is 1.89. The van der Waals surface area contributed by atoms with Gasteiger partial charge in [-0.2, -0.15) is 0 Å². The summed E-state index contributed by atoms with van der Waals surface area (Å²) in [6.07, 6.45) is 0. The molecule has 1 amide bonds. The largest absolute Gasteiger partial charge is 0.477 e. The molecule has 1 aromatic carbocycles. The Bertz CT molecular complexity index is 1380. The zero-order chi connectivity index (χ0) is 25.2. The first-order valence-electron chi connectivity index (χ1n) is 10.9. The molecule has 13 heteroatoms. The van der Waals surface area contributed by atoms with E-state index in [0.717, 1.165) is 6.07 Å². The van der Waals surface area contributed by atoms with Crippen molar-refractivity contribution in [2.24, 2.45) is 5.73 Å². The maximum Gasteiger partial charge on any atom is 0.342 e. The minimum Gasteiger partial charge on any atom is -0.477 e. The number of hydrogen-bond donors (Lipinski definition) is 3. The molecule has 0 radical (unpaired) electrons. The number of thioether (sulfide) groups is 2. The van der Waals surface area contributed by atoms with Crippen molar-refractivity contribution in [3.63, 3.8) is 0 Å². The molecule has 35 heavy (non-hydrogen) atoms. The van der Waals surface area contributed by atoms with Crippen LogP contribution in [0.3, 0.4) is 0 Å². The first kappa shape index (κ1) is 23.5. The highest BCUT2D eigenvalue weighted by molar-refractivity contribution is 8.03. The van der Waals surface area contributed by atoms with E-state index in [4.69, 9.17) is 11.1 Å². The average Bonchev–Trinajstić information content (AvgIpc) is 3.19. The molecule has 0 spiro atoms. The van der Waals surface area contributed by atoms with Crippen LogP contribution in [0.4, 0.5) is 10.1 Å². The van der Waals surface area contributed by atoms with Crippen LogP contribution in [0.5, 0.6) is 0 Å². The van der Waals surface area contributed by atoms with Crippen LogP contribution in [0.15, 0.2) is 33.1 Å². The minimum atomic E-state index is -1.32. The lowest BCUT2D eigenvalue weighted by Gasteiger charge is -2.38. The molecule has 2 aromatic rings. The average molecular weight is 519 g/mol. The monoisotopic (exact) mass is 518 g/mol. The van der Waals surface area contributed by atoms with E-state index in [2.05, 4.69) is 0 Å². The number of fused-ring (bicyclic) bond motifs is 3. The maximum absolute atomic E-state index is 15.2. The Morgan fingerprint density at radius 1 is 1.23 bits per heavy atom. The number of carboxylic acids is 1. The van der Waals surface area contributed by atoms with Crippen LogP contribution in [-0.4, -0.2) is 75.8 Å². The number of rotatable bonds is 4. The fourth-order valence-corrected chi connectivity index (χ4v) is 6.81. The number of nitrogens with zero attached hydrogens (tertiary/aromatic N) is 4. The Morgan fingerprint density at radius 2 is 1.91 bits per heavy atom. The maximum atomic E-state index is 15.2. The van der Waals surface area contributed by atoms with Crippen LogP contribution in [0.25, 0.3) is 10.9 Å². The number of nitrogens with one attached hydrogen (secondary N) is 1. The highest BCUT2D eigenvalue weighted by atomic mass is 32.2. The molecule has 0 aliphatic carbocycles. The highest BCUT2D eigenvalue weighted by Gasteiger charge is 2.35. The summed E-state index contributed by atoms with van der Waals surface area (Å²) in [4.78, 5) is 42.7. The molecule has 0 bridgehead atoms. The Hall–Kier alpha value is -3.19. The lowest BCUT2D eigenvalue weighted by atomic mass is 10.1. The first-order valence-corrected chi connectivity index (χ1v) is 12.7. The van der Waals surface area contributed by atoms with E-state index < -0.39 is 22.6 Å². The zero-order valence-corrected chi connectivity index (χ0v) is 20.6. The van der Waals surface area contributed by atoms with Gasteiger partial charge in [0.1, 0.15) is 28.3 Å². The Balaban J connectivity index is 1.39. The van der Waals surface area contributed by atoms with Crippen LogP contribution in [0.1, 0.15) is 22.7 Å². The number of halogens is 1. The standard InChI is InChI=1S/C22H23FN6O4S2/c1-10-29-13-8-14(12(23)7-11(13)17(30)16(22(32)33)20(29)35-10)27-3-5-28(6-4-27)19(31)15-9-34-21(18(24)25)26(15)2/h7-10,21H,3-6H2,1-2H3,(H3,24,25)(H,32,33). The number of carbonyl (C=O) groups excluding carboxylic acids is 1. The summed E-state index contributed by atoms with van der Waals surface area (Å²) < 4.78 is 16.9. The zero-order valence-electron chi connectivity index (χ0n) is 18.9. The van der Waals surface area contributed by atoms with Crippen molar-refractivity contribution in [3.05, 3.63) is 44.8 Å². The number of benzene rings is 1. The van der Waals surface area contributed by atoms with E-state index in [1.165, 1.54) is 23.5 Å². The molecule has 184 valence electrons. The Morgan fingerprint density at radius 3 is 2.49 bits per heavy atom. The van der Waals surface area contributed by atoms with Crippen molar-refractivity contribution in [3.8, 4) is 0 Å². The van der Waals surface area contributed by atoms with E-state index >= 15 is 4.39 Å². The second-order valence-electron chi connectivity index (χ2n) is 8.56. The van der Waals surface area contributed by atoms with Crippen molar-refractivity contribution in [2.75, 3.05) is 38.1 Å². The van der Waals surface area contributed by atoms with E-state index in [9.17, 15) is 19.5 Å². The molecule has 1 aromatic heterocycles. The van der Waals surface area contributed by atoms with Crippen molar-refractivity contribution >= 4 is 57.8 Å². The van der Waals surface area contributed by atoms with E-state index in [-0.39, 0.29) is 28.1 Å². The summed E-state index contributed by atoms with van der Waals surface area (Å²) in [6.45, 7) is 3.43. The number of aromatic nitrogens is 1. The van der Waals surface area contributed by atoms with Crippen molar-refractivity contribution in [1.82, 2.24) is 14.4 Å². The number of hydrogen-bond acceptors (Lipinski definition) is 8. The van der Waals surface area contributed by atoms with E-state index in [1.807, 2.05) is 11.8 Å². The summed E-state index contributed by atoms with van der Waals surface area (Å²) in [5, 5.41) is 18.8. The second-order valence-corrected chi connectivity index (χ2v) is 10.8. The smallest absolute Gasteiger partial charge is 0.342 e. The van der Waals surface area contributed by atoms with Gasteiger partial charge in [-0.25, -0.2) is 9.18 Å². The second kappa shape index (κ2) is 8.48. The molecule has 4 heterocycles. The highest BCUT2D eigenvalue weighted by Crippen LogP contribution is 2.46. The summed E-state index contributed by atoms with van der Waals surface area (Å²) >= 11 is 2.61. The number of amidine groups is 1. The number of piperazine rings is 1. The van der Waals surface area contributed by atoms with Gasteiger partial charge in [-0.15, -0.1) is 0 Å². The fourth-order valence-electron chi connectivity index (χ4n) is 4.69. The van der Waals surface area contributed by atoms with Gasteiger partial charge in [-0.1, -0.05) is 23.5 Å². The van der Waals surface area contributed by atoms with Gasteiger partial charge >= 0.3 is 5.97 Å². The molecule has 4 N–H and O–H groups in total. The number of aromatic carboxylic acids is 1. The Kier molecular flexibility index (Phi) is 5.71. The third kappa shape index (κ3) is 3.64. The molecule has 0 saturated carbocycles. The molecular weight excluding hydrogens is 495 g/mol. The van der Waals surface area contributed by atoms with Gasteiger partial charge in [0.2, 0.25) is 5.43 Å². The lowest BCUT2D eigenvalue weighted by Crippen LogP contribution is -2.51. The summed E-state index contributed by atoms with van der Waals surface area (Å²) in [7, 11) is 1.73. The van der Waals surface area contributed by atoms with Crippen LogP contribution in [0.2, 0.25) is 0 Å². The topological polar surface area (TPSA) is 136 Å². The van der Waals surface area contributed by atoms with Crippen molar-refractivity contribution < 1.29 is 19.1 Å². The molecule has 3 aliphatic rings. The molecule has 10 nitrogen and oxygen atoms in total. The van der Waals surface area contributed by atoms with Gasteiger partial charge in [0.15, 0.2) is 0 Å². The van der Waals surface area contributed by atoms with E-state index in [1.54, 1.807) is 32.9 Å². The molecule has 3 aliphatic heterocycles. The number of carboxylic acid groups (broad SMARTS) is 1. The minimum absolute atomic E-state index is 0.0221. The van der Waals surface area contributed by atoms with Gasteiger partial charge in [0, 0.05) is 44.0 Å². The third-order valence-corrected chi connectivity index (χ3v) is 8.89. The molecular formula is C22H23FN6O4S2. The van der Waals surface area contributed by atoms with E-state index in [0.29, 0.717) is 48.1 Å². The summed E-state index contributed by atoms with van der Waals surface area (Å²) in [6, 6.07) is 2.73. The van der Waals surface area contributed by atoms with Gasteiger partial charge in [-0.05, 0) is 19.1 Å². The number of nitrogens with two attached hydrogens (primary N) is 1. The van der Waals surface area contributed by atoms with Crippen molar-refractivity contribution in [2.45, 2.75) is 22.7 Å². The molecule has 2 atom stereocenters. The molecule has 1 fully saturated rings. The summed E-state index contributed by atoms with van der Waals surface area (Å²) in [5.74, 6) is -2.11. The molecule has 2 unspecified atom stereocenters. The lowest BCUT2D eigenvalue weighted by molar-refractivity contribution is -0.128. The van der Waals surface area contributed by atoms with Gasteiger partial charge in [0.05, 0.1) is 21.6 Å². The summed E-state index contributed by atoms with van der Waals surface area (Å²) in [5.41, 5.74) is 5.88. The number of carbonyl (C=O) groups is 2. The fraction of sp³-hybridized carbons (Fsp3) is 0.364. The quantitative estimate of drug-likeness (QED) is 0.409. The van der Waals surface area contributed by atoms with Crippen LogP contribution < -0.4 is 16.1 Å². The number of pyridine rings is 1. The van der Waals surface area contributed by atoms with Crippen LogP contribution in [0, 0.1) is 11.2 Å². The van der Waals surface area contributed by atoms with Crippen LogP contribution in [-0.2, 0) is 4.79 Å². The predicted molar refractivity (Wildman–Crippen MR) is 134 cm³/mol. The molecule has 1 saturated heterocycles. The van der Waals surface area contributed by atoms with Gasteiger partial charge < -0.3 is 30.1 Å².